The molecule has 3 fully saturated rings. The second-order valence-electron chi connectivity index (χ2n) is 10.0. The minimum absolute atomic E-state index is 0.270. The van der Waals surface area contributed by atoms with Gasteiger partial charge in [-0.2, -0.15) is 4.98 Å². The molecule has 1 saturated carbocycles. The fourth-order valence-corrected chi connectivity index (χ4v) is 5.73. The Morgan fingerprint density at radius 2 is 2.00 bits per heavy atom. The zero-order valence-corrected chi connectivity index (χ0v) is 20.5. The van der Waals surface area contributed by atoms with E-state index in [-0.39, 0.29) is 11.5 Å². The molecule has 6 rings (SSSR count). The van der Waals surface area contributed by atoms with Gasteiger partial charge in [-0.1, -0.05) is 6.42 Å². The van der Waals surface area contributed by atoms with Crippen molar-refractivity contribution >= 4 is 17.5 Å². The highest BCUT2D eigenvalue weighted by Gasteiger charge is 2.33. The third-order valence-electron chi connectivity index (χ3n) is 7.71. The van der Waals surface area contributed by atoms with E-state index in [0.29, 0.717) is 35.4 Å². The SMILES string of the molecule is COc1cnc(Nc2cc(-n3cnnn3)c(C3CC3)cc2F)nc1NCC1CCCN2CCCCC12. The first kappa shape index (κ1) is 23.1. The van der Waals surface area contributed by atoms with Gasteiger partial charge in [0.05, 0.1) is 24.7 Å². The van der Waals surface area contributed by atoms with E-state index in [0.717, 1.165) is 30.6 Å². The summed E-state index contributed by atoms with van der Waals surface area (Å²) in [7, 11) is 1.61. The number of anilines is 3. The molecule has 2 atom stereocenters. The molecule has 10 nitrogen and oxygen atoms in total. The molecule has 1 aliphatic carbocycles. The van der Waals surface area contributed by atoms with Gasteiger partial charge in [-0.05, 0) is 91.6 Å². The number of ether oxygens (including phenoxy) is 1. The topological polar surface area (TPSA) is 106 Å². The van der Waals surface area contributed by atoms with E-state index in [1.165, 1.54) is 51.5 Å². The van der Waals surface area contributed by atoms with Gasteiger partial charge < -0.3 is 20.3 Å². The third kappa shape index (κ3) is 4.71. The maximum Gasteiger partial charge on any atom is 0.229 e. The number of aromatic nitrogens is 6. The lowest BCUT2D eigenvalue weighted by atomic mass is 9.83. The summed E-state index contributed by atoms with van der Waals surface area (Å²) in [6.07, 6.45) is 11.5. The van der Waals surface area contributed by atoms with E-state index >= 15 is 4.39 Å². The van der Waals surface area contributed by atoms with Crippen LogP contribution in [0.5, 0.6) is 5.75 Å². The number of hydrogen-bond donors (Lipinski definition) is 2. The van der Waals surface area contributed by atoms with Gasteiger partial charge in [-0.25, -0.2) is 14.1 Å². The molecule has 1 aromatic carbocycles. The Bertz CT molecular complexity index is 1200. The molecular weight excluding hydrogens is 461 g/mol. The Morgan fingerprint density at radius 3 is 2.81 bits per heavy atom. The van der Waals surface area contributed by atoms with Crippen molar-refractivity contribution in [2.45, 2.75) is 56.9 Å². The molecule has 11 heteroatoms. The molecule has 190 valence electrons. The Hall–Kier alpha value is -3.34. The van der Waals surface area contributed by atoms with Crippen molar-refractivity contribution in [3.05, 3.63) is 36.0 Å². The van der Waals surface area contributed by atoms with Crippen molar-refractivity contribution in [3.8, 4) is 11.4 Å². The first-order valence-corrected chi connectivity index (χ1v) is 12.9. The number of methoxy groups -OCH3 is 1. The summed E-state index contributed by atoms with van der Waals surface area (Å²) in [5.41, 5.74) is 1.94. The smallest absolute Gasteiger partial charge is 0.229 e. The number of nitrogens with one attached hydrogen (secondary N) is 2. The van der Waals surface area contributed by atoms with E-state index < -0.39 is 0 Å². The molecule has 36 heavy (non-hydrogen) atoms. The number of hydrogen-bond acceptors (Lipinski definition) is 9. The summed E-state index contributed by atoms with van der Waals surface area (Å²) in [5, 5.41) is 18.1. The van der Waals surface area contributed by atoms with E-state index in [1.807, 2.05) is 0 Å². The van der Waals surface area contributed by atoms with Crippen LogP contribution in [0.2, 0.25) is 0 Å². The number of benzene rings is 1. The Morgan fingerprint density at radius 1 is 1.11 bits per heavy atom. The summed E-state index contributed by atoms with van der Waals surface area (Å²) < 4.78 is 22.2. The third-order valence-corrected chi connectivity index (χ3v) is 7.71. The number of tetrazole rings is 1. The molecule has 0 spiro atoms. The average molecular weight is 494 g/mol. The van der Waals surface area contributed by atoms with Gasteiger partial charge in [-0.15, -0.1) is 5.10 Å². The van der Waals surface area contributed by atoms with Crippen molar-refractivity contribution < 1.29 is 9.13 Å². The molecule has 2 aromatic heterocycles. The van der Waals surface area contributed by atoms with Gasteiger partial charge in [0.2, 0.25) is 5.95 Å². The van der Waals surface area contributed by atoms with E-state index in [2.05, 4.69) is 41.0 Å². The van der Waals surface area contributed by atoms with Crippen LogP contribution in [-0.4, -0.2) is 67.9 Å². The molecular formula is C25H32FN9O. The van der Waals surface area contributed by atoms with Crippen molar-refractivity contribution in [3.63, 3.8) is 0 Å². The second kappa shape index (κ2) is 9.96. The highest BCUT2D eigenvalue weighted by molar-refractivity contribution is 5.63. The molecule has 4 heterocycles. The summed E-state index contributed by atoms with van der Waals surface area (Å²) in [4.78, 5) is 11.7. The normalized spacial score (nSPS) is 22.2. The Labute approximate surface area is 209 Å². The van der Waals surface area contributed by atoms with Crippen LogP contribution in [-0.2, 0) is 0 Å². The molecule has 2 unspecified atom stereocenters. The van der Waals surface area contributed by atoms with Gasteiger partial charge in [0.1, 0.15) is 12.1 Å². The number of rotatable bonds is 8. The predicted octanol–water partition coefficient (Wildman–Crippen LogP) is 3.90. The summed E-state index contributed by atoms with van der Waals surface area (Å²) in [5.74, 6) is 2.01. The molecule has 0 bridgehead atoms. The fraction of sp³-hybridized carbons (Fsp3) is 0.560. The quantitative estimate of drug-likeness (QED) is 0.483. The van der Waals surface area contributed by atoms with E-state index in [4.69, 9.17) is 4.74 Å². The molecule has 2 saturated heterocycles. The second-order valence-corrected chi connectivity index (χ2v) is 10.0. The lowest BCUT2D eigenvalue weighted by molar-refractivity contribution is 0.0649. The van der Waals surface area contributed by atoms with Crippen molar-refractivity contribution in [2.24, 2.45) is 5.92 Å². The standard InChI is InChI=1S/C25H32FN9O/c1-36-23-14-28-25(31-24(23)27-13-17-5-4-10-34-9-3-2-6-21(17)34)30-20-12-22(35-15-29-32-33-35)18(11-19(20)26)16-7-8-16/h11-12,14-17,21H,2-10,13H2,1H3,(H2,27,28,30,31). The van der Waals surface area contributed by atoms with Crippen LogP contribution in [0.25, 0.3) is 5.69 Å². The van der Waals surface area contributed by atoms with Gasteiger partial charge in [0.25, 0.3) is 0 Å². The maximum absolute atomic E-state index is 15.1. The summed E-state index contributed by atoms with van der Waals surface area (Å²) in [6, 6.07) is 3.92. The van der Waals surface area contributed by atoms with Crippen LogP contribution in [0.1, 0.15) is 56.4 Å². The van der Waals surface area contributed by atoms with Crippen molar-refractivity contribution in [1.82, 2.24) is 35.1 Å². The van der Waals surface area contributed by atoms with Gasteiger partial charge in [0.15, 0.2) is 11.6 Å². The average Bonchev–Trinajstić information content (AvgIpc) is 3.62. The maximum atomic E-state index is 15.1. The summed E-state index contributed by atoms with van der Waals surface area (Å²) >= 11 is 0. The van der Waals surface area contributed by atoms with Crippen LogP contribution >= 0.6 is 0 Å². The minimum Gasteiger partial charge on any atom is -0.491 e. The number of piperidine rings is 2. The number of fused-ring (bicyclic) bond motifs is 1. The fourth-order valence-electron chi connectivity index (χ4n) is 5.73. The first-order chi connectivity index (χ1) is 17.7. The van der Waals surface area contributed by atoms with Crippen LogP contribution in [0.15, 0.2) is 24.7 Å². The minimum atomic E-state index is -0.359. The van der Waals surface area contributed by atoms with E-state index in [9.17, 15) is 0 Å². The largest absolute Gasteiger partial charge is 0.491 e. The Balaban J connectivity index is 1.22. The van der Waals surface area contributed by atoms with Gasteiger partial charge in [-0.3, -0.25) is 0 Å². The Kier molecular flexibility index (Phi) is 6.39. The number of halogens is 1. The molecule has 0 radical (unpaired) electrons. The predicted molar refractivity (Wildman–Crippen MR) is 133 cm³/mol. The van der Waals surface area contributed by atoms with Crippen LogP contribution in [0, 0.1) is 11.7 Å². The highest BCUT2D eigenvalue weighted by atomic mass is 19.1. The van der Waals surface area contributed by atoms with E-state index in [1.54, 1.807) is 30.1 Å². The van der Waals surface area contributed by atoms with Crippen LogP contribution in [0.3, 0.4) is 0 Å². The molecule has 2 N–H and O–H groups in total. The van der Waals surface area contributed by atoms with Crippen molar-refractivity contribution in [1.29, 1.82) is 0 Å². The molecule has 0 amide bonds. The first-order valence-electron chi connectivity index (χ1n) is 12.9. The molecule has 3 aromatic rings. The number of nitrogens with zero attached hydrogens (tertiary/aromatic N) is 7. The molecule has 3 aliphatic rings. The zero-order valence-electron chi connectivity index (χ0n) is 20.5. The molecule has 2 aliphatic heterocycles. The lowest BCUT2D eigenvalue weighted by Crippen LogP contribution is -2.49. The zero-order chi connectivity index (χ0) is 24.5. The van der Waals surface area contributed by atoms with Crippen LogP contribution in [0.4, 0.5) is 21.8 Å². The monoisotopic (exact) mass is 493 g/mol. The lowest BCUT2D eigenvalue weighted by Gasteiger charge is -2.44. The summed E-state index contributed by atoms with van der Waals surface area (Å²) in [6.45, 7) is 3.25. The van der Waals surface area contributed by atoms with Crippen molar-refractivity contribution in [2.75, 3.05) is 37.4 Å². The van der Waals surface area contributed by atoms with Gasteiger partial charge in [0, 0.05) is 12.6 Å². The van der Waals surface area contributed by atoms with Gasteiger partial charge >= 0.3 is 0 Å². The highest BCUT2D eigenvalue weighted by Crippen LogP contribution is 2.44. The van der Waals surface area contributed by atoms with Crippen LogP contribution < -0.4 is 15.4 Å².